The Hall–Kier alpha value is -2.36. The van der Waals surface area contributed by atoms with Crippen molar-refractivity contribution in [2.75, 3.05) is 6.54 Å². The molecular weight excluding hydrogens is 293 g/mol. The molecule has 3 nitrogen and oxygen atoms in total. The standard InChI is InChI=1S/C19H18FNO2/c1-18(2)19(20)12-21-17(13-8-4-3-5-9-13)22-16(19)14-10-6-7-11-15(14)23-18/h3-11,16H,12H2,1-2H3/t16-,19+/m1/s1. The lowest BCUT2D eigenvalue weighted by atomic mass is 9.76. The molecule has 2 aromatic rings. The van der Waals surface area contributed by atoms with E-state index in [-0.39, 0.29) is 6.54 Å². The molecule has 118 valence electrons. The highest BCUT2D eigenvalue weighted by Gasteiger charge is 2.61. The number of benzene rings is 2. The van der Waals surface area contributed by atoms with Crippen LogP contribution in [0.1, 0.15) is 31.1 Å². The van der Waals surface area contributed by atoms with Crippen molar-refractivity contribution in [2.45, 2.75) is 31.2 Å². The van der Waals surface area contributed by atoms with Crippen molar-refractivity contribution in [1.29, 1.82) is 0 Å². The van der Waals surface area contributed by atoms with Crippen LogP contribution in [-0.2, 0) is 4.74 Å². The molecule has 0 saturated heterocycles. The van der Waals surface area contributed by atoms with Gasteiger partial charge in [0, 0.05) is 11.1 Å². The number of alkyl halides is 1. The zero-order chi connectivity index (χ0) is 16.1. The van der Waals surface area contributed by atoms with Gasteiger partial charge in [-0.15, -0.1) is 0 Å². The van der Waals surface area contributed by atoms with Gasteiger partial charge in [-0.25, -0.2) is 9.38 Å². The molecule has 0 bridgehead atoms. The fraction of sp³-hybridized carbons (Fsp3) is 0.316. The van der Waals surface area contributed by atoms with Crippen LogP contribution in [0.15, 0.2) is 59.6 Å². The quantitative estimate of drug-likeness (QED) is 0.794. The van der Waals surface area contributed by atoms with Crippen LogP contribution in [0.2, 0.25) is 0 Å². The zero-order valence-corrected chi connectivity index (χ0v) is 13.1. The number of ether oxygens (including phenoxy) is 2. The maximum atomic E-state index is 15.8. The lowest BCUT2D eigenvalue weighted by molar-refractivity contribution is -0.142. The number of hydrogen-bond donors (Lipinski definition) is 0. The number of nitrogens with zero attached hydrogens (tertiary/aromatic N) is 1. The highest BCUT2D eigenvalue weighted by Crippen LogP contribution is 2.52. The van der Waals surface area contributed by atoms with E-state index in [2.05, 4.69) is 4.99 Å². The number of fused-ring (bicyclic) bond motifs is 3. The first kappa shape index (κ1) is 14.2. The van der Waals surface area contributed by atoms with Gasteiger partial charge in [0.2, 0.25) is 11.6 Å². The molecule has 2 aliphatic heterocycles. The molecule has 0 aromatic heterocycles. The van der Waals surface area contributed by atoms with Crippen molar-refractivity contribution in [1.82, 2.24) is 0 Å². The van der Waals surface area contributed by atoms with Crippen molar-refractivity contribution in [3.63, 3.8) is 0 Å². The third-order valence-electron chi connectivity index (χ3n) is 4.69. The highest BCUT2D eigenvalue weighted by molar-refractivity contribution is 5.94. The van der Waals surface area contributed by atoms with Gasteiger partial charge in [0.15, 0.2) is 6.10 Å². The van der Waals surface area contributed by atoms with Crippen molar-refractivity contribution in [3.05, 3.63) is 65.7 Å². The van der Waals surface area contributed by atoms with Gasteiger partial charge >= 0.3 is 0 Å². The van der Waals surface area contributed by atoms with E-state index in [0.29, 0.717) is 11.6 Å². The van der Waals surface area contributed by atoms with Gasteiger partial charge in [0.25, 0.3) is 0 Å². The van der Waals surface area contributed by atoms with Crippen LogP contribution in [0.4, 0.5) is 4.39 Å². The fourth-order valence-electron chi connectivity index (χ4n) is 3.22. The lowest BCUT2D eigenvalue weighted by Crippen LogP contribution is -2.61. The third-order valence-corrected chi connectivity index (χ3v) is 4.69. The van der Waals surface area contributed by atoms with Crippen molar-refractivity contribution < 1.29 is 13.9 Å². The minimum Gasteiger partial charge on any atom is -0.484 e. The molecule has 2 heterocycles. The maximum absolute atomic E-state index is 15.8. The SMILES string of the molecule is CC1(C)Oc2ccccc2[C@H]2OC(c3ccccc3)=NC[C@]21F. The summed E-state index contributed by atoms with van der Waals surface area (Å²) in [4.78, 5) is 4.36. The molecule has 0 radical (unpaired) electrons. The first-order valence-electron chi connectivity index (χ1n) is 7.75. The Labute approximate surface area is 134 Å². The van der Waals surface area contributed by atoms with E-state index >= 15 is 4.39 Å². The molecule has 0 aliphatic carbocycles. The van der Waals surface area contributed by atoms with Gasteiger partial charge in [0.05, 0.1) is 6.54 Å². The number of halogens is 1. The minimum atomic E-state index is -1.71. The second-order valence-corrected chi connectivity index (χ2v) is 6.50. The molecule has 4 rings (SSSR count). The first-order chi connectivity index (χ1) is 11.0. The molecule has 0 saturated carbocycles. The monoisotopic (exact) mass is 311 g/mol. The fourth-order valence-corrected chi connectivity index (χ4v) is 3.22. The Kier molecular flexibility index (Phi) is 2.98. The van der Waals surface area contributed by atoms with Gasteiger partial charge in [-0.1, -0.05) is 36.4 Å². The summed E-state index contributed by atoms with van der Waals surface area (Å²) >= 11 is 0. The lowest BCUT2D eigenvalue weighted by Gasteiger charge is -2.49. The molecule has 4 heteroatoms. The van der Waals surface area contributed by atoms with Gasteiger partial charge in [-0.05, 0) is 32.0 Å². The maximum Gasteiger partial charge on any atom is 0.216 e. The number of para-hydroxylation sites is 1. The Morgan fingerprint density at radius 1 is 1.04 bits per heavy atom. The Morgan fingerprint density at radius 2 is 1.74 bits per heavy atom. The number of hydrogen-bond acceptors (Lipinski definition) is 3. The molecule has 0 spiro atoms. The summed E-state index contributed by atoms with van der Waals surface area (Å²) in [6, 6.07) is 17.1. The average Bonchev–Trinajstić information content (AvgIpc) is 2.56. The van der Waals surface area contributed by atoms with Gasteiger partial charge in [-0.3, -0.25) is 0 Å². The normalized spacial score (nSPS) is 27.8. The van der Waals surface area contributed by atoms with Crippen LogP contribution in [0, 0.1) is 0 Å². The molecule has 0 unspecified atom stereocenters. The predicted octanol–water partition coefficient (Wildman–Crippen LogP) is 4.08. The average molecular weight is 311 g/mol. The summed E-state index contributed by atoms with van der Waals surface area (Å²) in [5.41, 5.74) is -1.13. The predicted molar refractivity (Wildman–Crippen MR) is 86.7 cm³/mol. The Morgan fingerprint density at radius 3 is 2.52 bits per heavy atom. The second-order valence-electron chi connectivity index (χ2n) is 6.50. The van der Waals surface area contributed by atoms with Gasteiger partial charge < -0.3 is 9.47 Å². The summed E-state index contributed by atoms with van der Waals surface area (Å²) in [7, 11) is 0. The molecule has 0 amide bonds. The Bertz CT molecular complexity index is 772. The molecular formula is C19H18FNO2. The molecule has 2 aliphatic rings. The first-order valence-corrected chi connectivity index (χ1v) is 7.75. The largest absolute Gasteiger partial charge is 0.484 e. The number of aliphatic imine (C=N–C) groups is 1. The summed E-state index contributed by atoms with van der Waals surface area (Å²) in [6.07, 6.45) is -0.727. The Balaban J connectivity index is 1.82. The van der Waals surface area contributed by atoms with Crippen LogP contribution in [-0.4, -0.2) is 23.7 Å². The molecule has 0 fully saturated rings. The second kappa shape index (κ2) is 4.82. The van der Waals surface area contributed by atoms with Crippen molar-refractivity contribution >= 4 is 5.90 Å². The summed E-state index contributed by atoms with van der Waals surface area (Å²) in [5.74, 6) is 1.15. The molecule has 0 N–H and O–H groups in total. The topological polar surface area (TPSA) is 30.8 Å². The van der Waals surface area contributed by atoms with E-state index in [0.717, 1.165) is 11.1 Å². The van der Waals surface area contributed by atoms with E-state index in [9.17, 15) is 0 Å². The third kappa shape index (κ3) is 2.05. The zero-order valence-electron chi connectivity index (χ0n) is 13.1. The molecule has 2 atom stereocenters. The van der Waals surface area contributed by atoms with Crippen LogP contribution in [0.5, 0.6) is 5.75 Å². The van der Waals surface area contributed by atoms with E-state index in [1.54, 1.807) is 13.8 Å². The van der Waals surface area contributed by atoms with E-state index in [1.807, 2.05) is 54.6 Å². The van der Waals surface area contributed by atoms with Crippen molar-refractivity contribution in [3.8, 4) is 5.75 Å². The smallest absolute Gasteiger partial charge is 0.216 e. The van der Waals surface area contributed by atoms with Crippen LogP contribution >= 0.6 is 0 Å². The summed E-state index contributed by atoms with van der Waals surface area (Å²) in [6.45, 7) is 3.52. The van der Waals surface area contributed by atoms with E-state index in [1.165, 1.54) is 0 Å². The highest BCUT2D eigenvalue weighted by atomic mass is 19.1. The van der Waals surface area contributed by atoms with E-state index in [4.69, 9.17) is 9.47 Å². The van der Waals surface area contributed by atoms with E-state index < -0.39 is 17.4 Å². The van der Waals surface area contributed by atoms with Gasteiger partial charge in [-0.2, -0.15) is 0 Å². The van der Waals surface area contributed by atoms with Crippen LogP contribution in [0.25, 0.3) is 0 Å². The van der Waals surface area contributed by atoms with Crippen LogP contribution in [0.3, 0.4) is 0 Å². The number of rotatable bonds is 1. The summed E-state index contributed by atoms with van der Waals surface area (Å²) < 4.78 is 27.8. The van der Waals surface area contributed by atoms with Gasteiger partial charge in [0.1, 0.15) is 11.4 Å². The van der Waals surface area contributed by atoms with Crippen molar-refractivity contribution in [2.24, 2.45) is 4.99 Å². The molecule has 23 heavy (non-hydrogen) atoms. The van der Waals surface area contributed by atoms with Crippen LogP contribution < -0.4 is 4.74 Å². The minimum absolute atomic E-state index is 0.0171. The molecule has 2 aromatic carbocycles. The summed E-state index contributed by atoms with van der Waals surface area (Å²) in [5, 5.41) is 0.